The Bertz CT molecular complexity index is 949. The molecule has 3 heterocycles. The van der Waals surface area contributed by atoms with Crippen molar-refractivity contribution in [2.75, 3.05) is 12.8 Å². The molecule has 0 unspecified atom stereocenters. The number of fused-ring (bicyclic) bond motifs is 1. The van der Waals surface area contributed by atoms with E-state index in [4.69, 9.17) is 10.5 Å². The Kier molecular flexibility index (Phi) is 4.69. The lowest BCUT2D eigenvalue weighted by molar-refractivity contribution is 0.405. The molecule has 0 saturated carbocycles. The van der Waals surface area contributed by atoms with Crippen molar-refractivity contribution in [1.82, 2.24) is 19.5 Å². The average Bonchev–Trinajstić information content (AvgIpc) is 2.90. The van der Waals surface area contributed by atoms with Crippen LogP contribution in [-0.2, 0) is 6.54 Å². The monoisotopic (exact) mass is 403 g/mol. The van der Waals surface area contributed by atoms with Crippen LogP contribution in [0.5, 0.6) is 5.75 Å². The predicted octanol–water partition coefficient (Wildman–Crippen LogP) is 3.97. The fraction of sp³-hybridized carbons (Fsp3) is 0.389. The average molecular weight is 404 g/mol. The highest BCUT2D eigenvalue weighted by atomic mass is 79.9. The van der Waals surface area contributed by atoms with Gasteiger partial charge in [0.15, 0.2) is 0 Å². The molecule has 0 aromatic carbocycles. The SMILES string of the molecule is COc1c(C)ncc(Cn2cc(C(C)C)c3c(Br)nc(N)nc32)c1C. The van der Waals surface area contributed by atoms with E-state index in [1.807, 2.05) is 13.1 Å². The molecule has 0 radical (unpaired) electrons. The molecule has 132 valence electrons. The Morgan fingerprint density at radius 3 is 2.64 bits per heavy atom. The summed E-state index contributed by atoms with van der Waals surface area (Å²) in [6, 6.07) is 0. The van der Waals surface area contributed by atoms with Crippen molar-refractivity contribution < 1.29 is 4.74 Å². The Morgan fingerprint density at radius 1 is 1.28 bits per heavy atom. The molecule has 0 aliphatic carbocycles. The molecule has 6 nitrogen and oxygen atoms in total. The second-order valence-electron chi connectivity index (χ2n) is 6.47. The van der Waals surface area contributed by atoms with Crippen LogP contribution in [0.15, 0.2) is 17.0 Å². The van der Waals surface area contributed by atoms with E-state index in [1.165, 1.54) is 5.56 Å². The second-order valence-corrected chi connectivity index (χ2v) is 7.22. The Balaban J connectivity index is 2.17. The van der Waals surface area contributed by atoms with Gasteiger partial charge in [-0.2, -0.15) is 4.98 Å². The summed E-state index contributed by atoms with van der Waals surface area (Å²) < 4.78 is 8.33. The Labute approximate surface area is 155 Å². The van der Waals surface area contributed by atoms with E-state index in [9.17, 15) is 0 Å². The molecule has 3 aromatic rings. The van der Waals surface area contributed by atoms with Crippen LogP contribution in [0, 0.1) is 13.8 Å². The lowest BCUT2D eigenvalue weighted by Crippen LogP contribution is -2.06. The highest BCUT2D eigenvalue weighted by molar-refractivity contribution is 9.10. The summed E-state index contributed by atoms with van der Waals surface area (Å²) in [6.45, 7) is 8.95. The topological polar surface area (TPSA) is 78.8 Å². The minimum atomic E-state index is 0.255. The van der Waals surface area contributed by atoms with Crippen molar-refractivity contribution in [3.8, 4) is 5.75 Å². The molecule has 7 heteroatoms. The third-order valence-corrected chi connectivity index (χ3v) is 5.02. The molecule has 0 aliphatic heterocycles. The van der Waals surface area contributed by atoms with Gasteiger partial charge < -0.3 is 15.0 Å². The standard InChI is InChI=1S/C18H22BrN5O/c1-9(2)13-8-24(17-14(13)16(19)22-18(20)23-17)7-12-6-21-11(4)15(25-5)10(12)3/h6,8-9H,7H2,1-5H3,(H2,20,22,23). The number of anilines is 1. The number of rotatable bonds is 4. The van der Waals surface area contributed by atoms with Crippen molar-refractivity contribution in [2.45, 2.75) is 40.2 Å². The molecular formula is C18H22BrN5O. The maximum Gasteiger partial charge on any atom is 0.223 e. The van der Waals surface area contributed by atoms with Crippen molar-refractivity contribution in [3.63, 3.8) is 0 Å². The summed E-state index contributed by atoms with van der Waals surface area (Å²) in [6.07, 6.45) is 4.02. The van der Waals surface area contributed by atoms with Crippen LogP contribution in [0.2, 0.25) is 0 Å². The van der Waals surface area contributed by atoms with Crippen LogP contribution in [0.1, 0.15) is 42.1 Å². The third kappa shape index (κ3) is 3.08. The molecule has 0 fully saturated rings. The van der Waals surface area contributed by atoms with Crippen molar-refractivity contribution in [1.29, 1.82) is 0 Å². The fourth-order valence-corrected chi connectivity index (χ4v) is 3.73. The van der Waals surface area contributed by atoms with Gasteiger partial charge >= 0.3 is 0 Å². The summed E-state index contributed by atoms with van der Waals surface area (Å²) >= 11 is 3.54. The highest BCUT2D eigenvalue weighted by Crippen LogP contribution is 2.33. The number of ether oxygens (including phenoxy) is 1. The number of aryl methyl sites for hydroxylation is 1. The van der Waals surface area contributed by atoms with Crippen LogP contribution in [-0.4, -0.2) is 26.6 Å². The molecule has 2 N–H and O–H groups in total. The van der Waals surface area contributed by atoms with Gasteiger partial charge in [0.2, 0.25) is 5.95 Å². The molecule has 25 heavy (non-hydrogen) atoms. The van der Waals surface area contributed by atoms with Gasteiger partial charge in [0.1, 0.15) is 16.0 Å². The number of methoxy groups -OCH3 is 1. The maximum atomic E-state index is 5.87. The minimum absolute atomic E-state index is 0.255. The zero-order valence-corrected chi connectivity index (χ0v) is 16.7. The lowest BCUT2D eigenvalue weighted by Gasteiger charge is -2.13. The summed E-state index contributed by atoms with van der Waals surface area (Å²) in [5.41, 5.74) is 10.9. The molecule has 0 aliphatic rings. The van der Waals surface area contributed by atoms with Gasteiger partial charge in [-0.25, -0.2) is 4.98 Å². The zero-order chi connectivity index (χ0) is 18.3. The molecule has 0 amide bonds. The fourth-order valence-electron chi connectivity index (χ4n) is 3.14. The van der Waals surface area contributed by atoms with E-state index >= 15 is 0 Å². The van der Waals surface area contributed by atoms with Gasteiger partial charge in [0.05, 0.1) is 24.7 Å². The zero-order valence-electron chi connectivity index (χ0n) is 15.1. The summed E-state index contributed by atoms with van der Waals surface area (Å²) in [7, 11) is 1.67. The van der Waals surface area contributed by atoms with Gasteiger partial charge in [-0.05, 0) is 52.4 Å². The number of halogens is 1. The number of hydrogen-bond acceptors (Lipinski definition) is 5. The van der Waals surface area contributed by atoms with Crippen LogP contribution in [0.3, 0.4) is 0 Å². The van der Waals surface area contributed by atoms with Gasteiger partial charge in [-0.1, -0.05) is 13.8 Å². The van der Waals surface area contributed by atoms with Crippen molar-refractivity contribution >= 4 is 32.9 Å². The predicted molar refractivity (Wildman–Crippen MR) is 103 cm³/mol. The normalized spacial score (nSPS) is 11.5. The number of nitrogen functional groups attached to an aromatic ring is 1. The van der Waals surface area contributed by atoms with E-state index in [-0.39, 0.29) is 5.95 Å². The lowest BCUT2D eigenvalue weighted by atomic mass is 10.1. The number of aromatic nitrogens is 4. The number of pyridine rings is 1. The molecule has 0 spiro atoms. The smallest absolute Gasteiger partial charge is 0.223 e. The first kappa shape index (κ1) is 17.7. The third-order valence-electron chi connectivity index (χ3n) is 4.45. The highest BCUT2D eigenvalue weighted by Gasteiger charge is 2.18. The van der Waals surface area contributed by atoms with Crippen molar-refractivity contribution in [3.05, 3.63) is 39.4 Å². The van der Waals surface area contributed by atoms with Gasteiger partial charge in [0, 0.05) is 12.4 Å². The first-order chi connectivity index (χ1) is 11.8. The molecule has 0 bridgehead atoms. The molecule has 0 atom stereocenters. The molecule has 0 saturated heterocycles. The number of nitrogens with two attached hydrogens (primary N) is 1. The summed E-state index contributed by atoms with van der Waals surface area (Å²) in [4.78, 5) is 13.2. The maximum absolute atomic E-state index is 5.87. The van der Waals surface area contributed by atoms with E-state index in [2.05, 4.69) is 62.4 Å². The van der Waals surface area contributed by atoms with Crippen molar-refractivity contribution in [2.24, 2.45) is 0 Å². The quantitative estimate of drug-likeness (QED) is 0.666. The van der Waals surface area contributed by atoms with Crippen LogP contribution >= 0.6 is 15.9 Å². The van der Waals surface area contributed by atoms with Crippen LogP contribution in [0.4, 0.5) is 5.95 Å². The molecular weight excluding hydrogens is 382 g/mol. The first-order valence-electron chi connectivity index (χ1n) is 8.14. The minimum Gasteiger partial charge on any atom is -0.495 e. The number of hydrogen-bond donors (Lipinski definition) is 1. The van der Waals surface area contributed by atoms with E-state index in [0.717, 1.165) is 38.2 Å². The molecule has 3 rings (SSSR count). The number of nitrogens with zero attached hydrogens (tertiary/aromatic N) is 4. The summed E-state index contributed by atoms with van der Waals surface area (Å²) in [5, 5.41) is 1.01. The first-order valence-corrected chi connectivity index (χ1v) is 8.93. The van der Waals surface area contributed by atoms with Gasteiger partial charge in [-0.3, -0.25) is 4.98 Å². The Morgan fingerprint density at radius 2 is 2.00 bits per heavy atom. The van der Waals surface area contributed by atoms with Gasteiger partial charge in [-0.15, -0.1) is 0 Å². The largest absolute Gasteiger partial charge is 0.495 e. The van der Waals surface area contributed by atoms with Crippen LogP contribution in [0.25, 0.3) is 11.0 Å². The molecule has 3 aromatic heterocycles. The van der Waals surface area contributed by atoms with E-state index < -0.39 is 0 Å². The van der Waals surface area contributed by atoms with Crippen LogP contribution < -0.4 is 10.5 Å². The Hall–Kier alpha value is -2.15. The van der Waals surface area contributed by atoms with Gasteiger partial charge in [0.25, 0.3) is 0 Å². The second kappa shape index (κ2) is 6.63. The van der Waals surface area contributed by atoms with E-state index in [0.29, 0.717) is 12.5 Å². The van der Waals surface area contributed by atoms with E-state index in [1.54, 1.807) is 7.11 Å². The summed E-state index contributed by atoms with van der Waals surface area (Å²) in [5.74, 6) is 1.43.